The molecule has 2 rings (SSSR count). The Kier molecular flexibility index (Phi) is 6.24. The second kappa shape index (κ2) is 8.44. The topological polar surface area (TPSA) is 48.3 Å². The monoisotopic (exact) mass is 289 g/mol. The Labute approximate surface area is 125 Å². The smallest absolute Gasteiger partial charge is 0.207 e. The van der Waals surface area contributed by atoms with Crippen LogP contribution in [0.4, 0.5) is 11.6 Å². The minimum atomic E-state index is 0.578. The maximum Gasteiger partial charge on any atom is 0.207 e. The SMILES string of the molecule is CCOCCCn1ccnc1Nc1ccccc1COC. The van der Waals surface area contributed by atoms with E-state index in [2.05, 4.69) is 14.9 Å². The molecule has 0 radical (unpaired) electrons. The molecule has 2 aromatic rings. The highest BCUT2D eigenvalue weighted by Gasteiger charge is 2.06. The first-order valence-electron chi connectivity index (χ1n) is 7.28. The van der Waals surface area contributed by atoms with Crippen molar-refractivity contribution in [3.05, 3.63) is 42.2 Å². The summed E-state index contributed by atoms with van der Waals surface area (Å²) in [6.45, 7) is 5.01. The molecule has 0 unspecified atom stereocenters. The Morgan fingerprint density at radius 3 is 2.95 bits per heavy atom. The Morgan fingerprint density at radius 1 is 1.29 bits per heavy atom. The van der Waals surface area contributed by atoms with Crippen molar-refractivity contribution in [2.75, 3.05) is 25.6 Å². The van der Waals surface area contributed by atoms with Crippen LogP contribution in [0, 0.1) is 0 Å². The summed E-state index contributed by atoms with van der Waals surface area (Å²) in [6, 6.07) is 8.10. The van der Waals surface area contributed by atoms with Gasteiger partial charge in [0.25, 0.3) is 0 Å². The summed E-state index contributed by atoms with van der Waals surface area (Å²) >= 11 is 0. The maximum atomic E-state index is 5.37. The van der Waals surface area contributed by atoms with Crippen LogP contribution in [0.2, 0.25) is 0 Å². The highest BCUT2D eigenvalue weighted by atomic mass is 16.5. The lowest BCUT2D eigenvalue weighted by Gasteiger charge is -2.13. The number of methoxy groups -OCH3 is 1. The number of nitrogens with zero attached hydrogens (tertiary/aromatic N) is 2. The fourth-order valence-electron chi connectivity index (χ4n) is 2.14. The molecule has 0 aliphatic rings. The maximum absolute atomic E-state index is 5.37. The zero-order valence-corrected chi connectivity index (χ0v) is 12.7. The first-order chi connectivity index (χ1) is 10.3. The molecule has 5 heteroatoms. The first-order valence-corrected chi connectivity index (χ1v) is 7.28. The second-order valence-electron chi connectivity index (χ2n) is 4.71. The molecule has 0 bridgehead atoms. The number of imidazole rings is 1. The van der Waals surface area contributed by atoms with Crippen LogP contribution >= 0.6 is 0 Å². The zero-order valence-electron chi connectivity index (χ0n) is 12.7. The lowest BCUT2D eigenvalue weighted by Crippen LogP contribution is -2.07. The summed E-state index contributed by atoms with van der Waals surface area (Å²) in [6.07, 6.45) is 4.76. The van der Waals surface area contributed by atoms with E-state index >= 15 is 0 Å². The van der Waals surface area contributed by atoms with Crippen LogP contribution in [0.3, 0.4) is 0 Å². The molecule has 5 nitrogen and oxygen atoms in total. The fourth-order valence-corrected chi connectivity index (χ4v) is 2.14. The van der Waals surface area contributed by atoms with Crippen molar-refractivity contribution in [2.45, 2.75) is 26.5 Å². The van der Waals surface area contributed by atoms with Gasteiger partial charge in [-0.3, -0.25) is 0 Å². The van der Waals surface area contributed by atoms with Crippen molar-refractivity contribution < 1.29 is 9.47 Å². The van der Waals surface area contributed by atoms with Gasteiger partial charge >= 0.3 is 0 Å². The van der Waals surface area contributed by atoms with Crippen molar-refractivity contribution in [2.24, 2.45) is 0 Å². The van der Waals surface area contributed by atoms with Crippen LogP contribution in [0.1, 0.15) is 18.9 Å². The number of rotatable bonds is 9. The molecule has 1 heterocycles. The lowest BCUT2D eigenvalue weighted by molar-refractivity contribution is 0.142. The number of benzene rings is 1. The Hall–Kier alpha value is -1.85. The summed E-state index contributed by atoms with van der Waals surface area (Å²) < 4.78 is 12.7. The Bertz CT molecular complexity index is 540. The van der Waals surface area contributed by atoms with Crippen molar-refractivity contribution in [1.29, 1.82) is 0 Å². The number of anilines is 2. The molecule has 1 N–H and O–H groups in total. The summed E-state index contributed by atoms with van der Waals surface area (Å²) in [5.74, 6) is 0.843. The summed E-state index contributed by atoms with van der Waals surface area (Å²) in [5.41, 5.74) is 2.14. The summed E-state index contributed by atoms with van der Waals surface area (Å²) in [7, 11) is 1.70. The number of para-hydroxylation sites is 1. The van der Waals surface area contributed by atoms with Crippen molar-refractivity contribution in [3.8, 4) is 0 Å². The van der Waals surface area contributed by atoms with E-state index in [4.69, 9.17) is 9.47 Å². The van der Waals surface area contributed by atoms with Crippen LogP contribution in [0.25, 0.3) is 0 Å². The van der Waals surface area contributed by atoms with E-state index in [0.717, 1.165) is 43.4 Å². The number of aromatic nitrogens is 2. The Balaban J connectivity index is 2.01. The molecule has 0 spiro atoms. The number of ether oxygens (including phenoxy) is 2. The van der Waals surface area contributed by atoms with Crippen molar-refractivity contribution in [3.63, 3.8) is 0 Å². The molecule has 0 saturated heterocycles. The van der Waals surface area contributed by atoms with Crippen LogP contribution in [-0.4, -0.2) is 29.9 Å². The highest BCUT2D eigenvalue weighted by molar-refractivity contribution is 5.58. The van der Waals surface area contributed by atoms with Crippen LogP contribution < -0.4 is 5.32 Å². The third-order valence-corrected chi connectivity index (χ3v) is 3.17. The van der Waals surface area contributed by atoms with Gasteiger partial charge in [0.1, 0.15) is 0 Å². The van der Waals surface area contributed by atoms with E-state index in [1.165, 1.54) is 0 Å². The molecule has 0 amide bonds. The molecule has 0 saturated carbocycles. The molecule has 0 fully saturated rings. The van der Waals surface area contributed by atoms with Gasteiger partial charge in [-0.1, -0.05) is 18.2 Å². The molecule has 0 aliphatic carbocycles. The normalized spacial score (nSPS) is 10.8. The highest BCUT2D eigenvalue weighted by Crippen LogP contribution is 2.20. The molecule has 114 valence electrons. The number of hydrogen-bond donors (Lipinski definition) is 1. The molecular weight excluding hydrogens is 266 g/mol. The van der Waals surface area contributed by atoms with Gasteiger partial charge in [0.15, 0.2) is 0 Å². The van der Waals surface area contributed by atoms with Crippen molar-refractivity contribution >= 4 is 11.6 Å². The van der Waals surface area contributed by atoms with Crippen LogP contribution in [-0.2, 0) is 22.6 Å². The van der Waals surface area contributed by atoms with E-state index in [-0.39, 0.29) is 0 Å². The number of aryl methyl sites for hydroxylation is 1. The molecule has 21 heavy (non-hydrogen) atoms. The quantitative estimate of drug-likeness (QED) is 0.720. The van der Waals surface area contributed by atoms with Gasteiger partial charge in [0.05, 0.1) is 6.61 Å². The predicted octanol–water partition coefficient (Wildman–Crippen LogP) is 3.20. The fraction of sp³-hybridized carbons (Fsp3) is 0.438. The lowest BCUT2D eigenvalue weighted by atomic mass is 10.2. The van der Waals surface area contributed by atoms with Gasteiger partial charge in [-0.25, -0.2) is 4.98 Å². The average Bonchev–Trinajstić information content (AvgIpc) is 2.93. The molecule has 1 aromatic heterocycles. The van der Waals surface area contributed by atoms with E-state index < -0.39 is 0 Å². The standard InChI is InChI=1S/C16H23N3O2/c1-3-21-12-6-10-19-11-9-17-16(19)18-15-8-5-4-7-14(15)13-20-2/h4-5,7-9,11H,3,6,10,12-13H2,1-2H3,(H,17,18). The number of nitrogens with one attached hydrogen (secondary N) is 1. The van der Waals surface area contributed by atoms with Crippen LogP contribution in [0.15, 0.2) is 36.7 Å². The van der Waals surface area contributed by atoms with E-state index in [0.29, 0.717) is 6.61 Å². The van der Waals surface area contributed by atoms with E-state index in [1.54, 1.807) is 7.11 Å². The molecular formula is C16H23N3O2. The summed E-state index contributed by atoms with van der Waals surface area (Å²) in [5, 5.41) is 3.38. The second-order valence-corrected chi connectivity index (χ2v) is 4.71. The van der Waals surface area contributed by atoms with E-state index in [9.17, 15) is 0 Å². The Morgan fingerprint density at radius 2 is 2.14 bits per heavy atom. The molecule has 0 atom stereocenters. The first kappa shape index (κ1) is 15.5. The third-order valence-electron chi connectivity index (χ3n) is 3.17. The van der Waals surface area contributed by atoms with Crippen LogP contribution in [0.5, 0.6) is 0 Å². The van der Waals surface area contributed by atoms with E-state index in [1.807, 2.05) is 43.6 Å². The van der Waals surface area contributed by atoms with Gasteiger partial charge < -0.3 is 19.4 Å². The largest absolute Gasteiger partial charge is 0.382 e. The van der Waals surface area contributed by atoms with Gasteiger partial charge in [-0.2, -0.15) is 0 Å². The summed E-state index contributed by atoms with van der Waals surface area (Å²) in [4.78, 5) is 4.38. The average molecular weight is 289 g/mol. The third kappa shape index (κ3) is 4.58. The van der Waals surface area contributed by atoms with Gasteiger partial charge in [0, 0.05) is 50.5 Å². The zero-order chi connectivity index (χ0) is 14.9. The predicted molar refractivity (Wildman–Crippen MR) is 83.8 cm³/mol. The molecule has 1 aromatic carbocycles. The van der Waals surface area contributed by atoms with Crippen molar-refractivity contribution in [1.82, 2.24) is 9.55 Å². The molecule has 0 aliphatic heterocycles. The minimum Gasteiger partial charge on any atom is -0.382 e. The van der Waals surface area contributed by atoms with Gasteiger partial charge in [-0.05, 0) is 19.4 Å². The van der Waals surface area contributed by atoms with Gasteiger partial charge in [-0.15, -0.1) is 0 Å². The van der Waals surface area contributed by atoms with Gasteiger partial charge in [0.2, 0.25) is 5.95 Å². The number of hydrogen-bond acceptors (Lipinski definition) is 4. The minimum absolute atomic E-state index is 0.578.